The SMILES string of the molecule is CC(C)(C)C(=O)/C=C(\O)C(C)(C)C.COc1cc[c-]c(-c2ccc3cc(C)c(-n4cccc4)cc3n2)c1.[Ir]. The first-order valence-electron chi connectivity index (χ1n) is 12.4. The number of aryl methyl sites for hydroxylation is 1. The number of pyridine rings is 1. The summed E-state index contributed by atoms with van der Waals surface area (Å²) in [7, 11) is 1.67. The molecule has 4 rings (SSSR count). The average molecular weight is 690 g/mol. The van der Waals surface area contributed by atoms with Crippen molar-refractivity contribution >= 4 is 16.7 Å². The first-order chi connectivity index (χ1) is 17.3. The molecule has 1 N–H and O–H groups in total. The molecular weight excluding hydrogens is 653 g/mol. The zero-order chi connectivity index (χ0) is 27.4. The molecule has 0 unspecified atom stereocenters. The van der Waals surface area contributed by atoms with Crippen molar-refractivity contribution in [3.63, 3.8) is 0 Å². The van der Waals surface area contributed by atoms with Crippen LogP contribution in [0, 0.1) is 23.8 Å². The molecular formula is C32H37IrN2O3-. The van der Waals surface area contributed by atoms with E-state index in [-0.39, 0.29) is 37.1 Å². The minimum Gasteiger partial charge on any atom is -0.516 e. The van der Waals surface area contributed by atoms with Crippen molar-refractivity contribution in [1.82, 2.24) is 9.55 Å². The van der Waals surface area contributed by atoms with Crippen LogP contribution in [0.25, 0.3) is 27.8 Å². The van der Waals surface area contributed by atoms with E-state index in [9.17, 15) is 9.90 Å². The summed E-state index contributed by atoms with van der Waals surface area (Å²) in [6.07, 6.45) is 5.43. The van der Waals surface area contributed by atoms with E-state index in [1.54, 1.807) is 7.11 Å². The number of nitrogens with zero attached hydrogens (tertiary/aromatic N) is 2. The van der Waals surface area contributed by atoms with Crippen LogP contribution in [-0.2, 0) is 24.9 Å². The third-order valence-corrected chi connectivity index (χ3v) is 5.95. The number of carbonyl (C=O) groups excluding carboxylic acids is 1. The number of hydrogen-bond donors (Lipinski definition) is 1. The van der Waals surface area contributed by atoms with E-state index in [1.807, 2.05) is 90.3 Å². The number of aliphatic hydroxyl groups excluding tert-OH is 1. The molecule has 0 atom stereocenters. The number of carbonyl (C=O) groups is 1. The topological polar surface area (TPSA) is 64.3 Å². The molecule has 0 aliphatic carbocycles. The van der Waals surface area contributed by atoms with E-state index in [4.69, 9.17) is 9.72 Å². The van der Waals surface area contributed by atoms with Gasteiger partial charge in [-0.3, -0.25) is 9.78 Å². The Morgan fingerprint density at radius 2 is 1.66 bits per heavy atom. The third-order valence-electron chi connectivity index (χ3n) is 5.95. The predicted molar refractivity (Wildman–Crippen MR) is 151 cm³/mol. The molecule has 1 radical (unpaired) electrons. The van der Waals surface area contributed by atoms with Crippen molar-refractivity contribution < 1.29 is 34.7 Å². The second-order valence-electron chi connectivity index (χ2n) is 11.2. The second-order valence-corrected chi connectivity index (χ2v) is 11.2. The first kappa shape index (κ1) is 31.0. The number of allylic oxidation sites excluding steroid dienone is 2. The Kier molecular flexibility index (Phi) is 10.2. The molecule has 0 aliphatic heterocycles. The Bertz CT molecular complexity index is 1410. The van der Waals surface area contributed by atoms with Crippen molar-refractivity contribution in [3.05, 3.63) is 90.5 Å². The van der Waals surface area contributed by atoms with Crippen LogP contribution in [0.2, 0.25) is 0 Å². The van der Waals surface area contributed by atoms with Gasteiger partial charge in [-0.05, 0) is 47.8 Å². The number of methoxy groups -OCH3 is 1. The summed E-state index contributed by atoms with van der Waals surface area (Å²) >= 11 is 0. The van der Waals surface area contributed by atoms with Crippen LogP contribution in [0.1, 0.15) is 47.1 Å². The molecule has 0 bridgehead atoms. The van der Waals surface area contributed by atoms with Gasteiger partial charge in [0.1, 0.15) is 5.76 Å². The maximum Gasteiger partial charge on any atom is 0.164 e. The average Bonchev–Trinajstić information content (AvgIpc) is 3.37. The number of ketones is 1. The zero-order valence-corrected chi connectivity index (χ0v) is 25.8. The molecule has 0 fully saturated rings. The third kappa shape index (κ3) is 7.89. The van der Waals surface area contributed by atoms with E-state index in [2.05, 4.69) is 35.8 Å². The van der Waals surface area contributed by atoms with Gasteiger partial charge in [-0.1, -0.05) is 53.7 Å². The van der Waals surface area contributed by atoms with Gasteiger partial charge in [0.2, 0.25) is 0 Å². The van der Waals surface area contributed by atoms with Crippen molar-refractivity contribution in [3.8, 4) is 22.7 Å². The number of fused-ring (bicyclic) bond motifs is 1. The largest absolute Gasteiger partial charge is 0.516 e. The van der Waals surface area contributed by atoms with E-state index >= 15 is 0 Å². The van der Waals surface area contributed by atoms with Crippen LogP contribution in [0.5, 0.6) is 5.75 Å². The maximum atomic E-state index is 11.5. The fraction of sp³-hybridized carbons (Fsp3) is 0.312. The Balaban J connectivity index is 0.000000313. The summed E-state index contributed by atoms with van der Waals surface area (Å²) in [5.74, 6) is 0.912. The Morgan fingerprint density at radius 3 is 2.24 bits per heavy atom. The molecule has 0 amide bonds. The van der Waals surface area contributed by atoms with Crippen molar-refractivity contribution in [1.29, 1.82) is 0 Å². The van der Waals surface area contributed by atoms with E-state index in [0.29, 0.717) is 0 Å². The molecule has 0 saturated heterocycles. The molecule has 38 heavy (non-hydrogen) atoms. The van der Waals surface area contributed by atoms with Gasteiger partial charge in [-0.15, -0.1) is 29.8 Å². The molecule has 2 aromatic heterocycles. The minimum absolute atomic E-state index is 0. The second kappa shape index (κ2) is 12.6. The summed E-state index contributed by atoms with van der Waals surface area (Å²) in [6, 6.07) is 21.4. The predicted octanol–water partition coefficient (Wildman–Crippen LogP) is 7.90. The monoisotopic (exact) mass is 690 g/mol. The number of rotatable bonds is 4. The fourth-order valence-electron chi connectivity index (χ4n) is 3.47. The Labute approximate surface area is 239 Å². The van der Waals surface area contributed by atoms with Crippen LogP contribution in [0.3, 0.4) is 0 Å². The van der Waals surface area contributed by atoms with Crippen LogP contribution in [-0.4, -0.2) is 27.6 Å². The summed E-state index contributed by atoms with van der Waals surface area (Å²) < 4.78 is 7.41. The molecule has 203 valence electrons. The minimum atomic E-state index is -0.417. The number of ether oxygens (including phenoxy) is 1. The van der Waals surface area contributed by atoms with E-state index < -0.39 is 5.41 Å². The van der Waals surface area contributed by atoms with Crippen LogP contribution < -0.4 is 4.74 Å². The molecule has 2 aromatic carbocycles. The van der Waals surface area contributed by atoms with Crippen molar-refractivity contribution in [2.45, 2.75) is 48.5 Å². The number of hydrogen-bond acceptors (Lipinski definition) is 4. The van der Waals surface area contributed by atoms with Gasteiger partial charge in [0.15, 0.2) is 5.78 Å². The van der Waals surface area contributed by atoms with Crippen molar-refractivity contribution in [2.75, 3.05) is 7.11 Å². The van der Waals surface area contributed by atoms with Crippen LogP contribution in [0.4, 0.5) is 0 Å². The summed E-state index contributed by atoms with van der Waals surface area (Å²) in [6.45, 7) is 13.2. The number of aromatic nitrogens is 2. The van der Waals surface area contributed by atoms with E-state index in [0.717, 1.165) is 33.6 Å². The number of benzene rings is 2. The molecule has 2 heterocycles. The first-order valence-corrected chi connectivity index (χ1v) is 12.4. The standard InChI is InChI=1S/C21H17N2O.C11H20O2.Ir/c1-15-12-17-8-9-19(16-6-5-7-18(13-16)24-2)22-20(17)14-21(15)23-10-3-4-11-23;1-10(2,3)8(12)7-9(13)11(4,5)6;/h3-5,7-14H,1-2H3;7,12H,1-6H3;/q-1;;/b;8-7-;. The molecule has 0 saturated carbocycles. The smallest absolute Gasteiger partial charge is 0.164 e. The molecule has 0 aliphatic rings. The Morgan fingerprint density at radius 1 is 1.00 bits per heavy atom. The molecule has 5 nitrogen and oxygen atoms in total. The summed E-state index contributed by atoms with van der Waals surface area (Å²) in [5.41, 5.74) is 4.40. The van der Waals surface area contributed by atoms with Gasteiger partial charge in [-0.25, -0.2) is 0 Å². The molecule has 0 spiro atoms. The molecule has 6 heteroatoms. The van der Waals surface area contributed by atoms with Gasteiger partial charge >= 0.3 is 0 Å². The normalized spacial score (nSPS) is 11.8. The Hall–Kier alpha value is -3.21. The van der Waals surface area contributed by atoms with Crippen molar-refractivity contribution in [2.24, 2.45) is 10.8 Å². The van der Waals surface area contributed by atoms with Gasteiger partial charge in [0, 0.05) is 60.8 Å². The zero-order valence-electron chi connectivity index (χ0n) is 23.4. The quantitative estimate of drug-likeness (QED) is 0.135. The van der Waals surface area contributed by atoms with Gasteiger partial charge in [0.05, 0.1) is 12.6 Å². The van der Waals surface area contributed by atoms with Gasteiger partial charge < -0.3 is 14.4 Å². The fourth-order valence-corrected chi connectivity index (χ4v) is 3.47. The molecule has 4 aromatic rings. The van der Waals surface area contributed by atoms with Gasteiger partial charge in [-0.2, -0.15) is 0 Å². The van der Waals surface area contributed by atoms with E-state index in [1.165, 1.54) is 11.6 Å². The summed E-state index contributed by atoms with van der Waals surface area (Å²) in [5, 5.41) is 10.7. The number of aliphatic hydroxyl groups is 1. The van der Waals surface area contributed by atoms with Crippen LogP contribution in [0.15, 0.2) is 78.8 Å². The summed E-state index contributed by atoms with van der Waals surface area (Å²) in [4.78, 5) is 16.3. The maximum absolute atomic E-state index is 11.5. The van der Waals surface area contributed by atoms with Gasteiger partial charge in [0.25, 0.3) is 0 Å². The van der Waals surface area contributed by atoms with Crippen LogP contribution >= 0.6 is 0 Å².